The molecule has 2 N–H and O–H groups in total. The minimum atomic E-state index is -0.169. The average Bonchev–Trinajstić information content (AvgIpc) is 3.40. The van der Waals surface area contributed by atoms with Crippen molar-refractivity contribution in [2.24, 2.45) is 4.99 Å². The summed E-state index contributed by atoms with van der Waals surface area (Å²) in [4.78, 5) is 6.84. The molecular formula is C19H30FIN4. The van der Waals surface area contributed by atoms with Gasteiger partial charge in [-0.3, -0.25) is 4.99 Å². The Hall–Kier alpha value is -0.890. The number of rotatable bonds is 6. The van der Waals surface area contributed by atoms with Crippen LogP contribution < -0.4 is 10.6 Å². The largest absolute Gasteiger partial charge is 0.356 e. The first-order valence-corrected chi connectivity index (χ1v) is 9.15. The molecule has 1 aliphatic carbocycles. The van der Waals surface area contributed by atoms with Gasteiger partial charge in [-0.1, -0.05) is 18.6 Å². The van der Waals surface area contributed by atoms with E-state index in [9.17, 15) is 4.39 Å². The Kier molecular flexibility index (Phi) is 7.93. The number of benzene rings is 1. The summed E-state index contributed by atoms with van der Waals surface area (Å²) in [6, 6.07) is 6.94. The number of likely N-dealkylation sites (tertiary alicyclic amines) is 1. The van der Waals surface area contributed by atoms with Crippen molar-refractivity contribution in [3.63, 3.8) is 0 Å². The van der Waals surface area contributed by atoms with Crippen LogP contribution in [0.2, 0.25) is 0 Å². The standard InChI is InChI=1S/C19H29FN4.HI/c1-21-18(22-11-14-24-12-3-2-4-13-24)23-15-19(9-10-19)16-5-7-17(20)8-6-16;/h5-8H,2-4,9-15H2,1H3,(H2,21,22,23);1H. The summed E-state index contributed by atoms with van der Waals surface area (Å²) in [6.45, 7) is 5.29. The minimum Gasteiger partial charge on any atom is -0.356 e. The Morgan fingerprint density at radius 2 is 1.80 bits per heavy atom. The highest BCUT2D eigenvalue weighted by atomic mass is 127. The monoisotopic (exact) mass is 460 g/mol. The summed E-state index contributed by atoms with van der Waals surface area (Å²) in [5.74, 6) is 0.693. The van der Waals surface area contributed by atoms with Crippen molar-refractivity contribution in [1.82, 2.24) is 15.5 Å². The predicted octanol–water partition coefficient (Wildman–Crippen LogP) is 3.13. The van der Waals surface area contributed by atoms with Gasteiger partial charge in [-0.15, -0.1) is 24.0 Å². The van der Waals surface area contributed by atoms with Crippen molar-refractivity contribution in [1.29, 1.82) is 0 Å². The Balaban J connectivity index is 0.00000225. The Morgan fingerprint density at radius 3 is 2.40 bits per heavy atom. The van der Waals surface area contributed by atoms with Crippen LogP contribution in [-0.2, 0) is 5.41 Å². The SMILES string of the molecule is CN=C(NCCN1CCCCC1)NCC1(c2ccc(F)cc2)CC1.I. The quantitative estimate of drug-likeness (QED) is 0.390. The summed E-state index contributed by atoms with van der Waals surface area (Å²) in [6.07, 6.45) is 6.33. The third kappa shape index (κ3) is 5.81. The van der Waals surface area contributed by atoms with Gasteiger partial charge in [0.05, 0.1) is 0 Å². The highest BCUT2D eigenvalue weighted by Crippen LogP contribution is 2.47. The molecule has 1 aliphatic heterocycles. The zero-order valence-corrected chi connectivity index (χ0v) is 17.4. The van der Waals surface area contributed by atoms with Gasteiger partial charge in [0, 0.05) is 32.1 Å². The van der Waals surface area contributed by atoms with Crippen LogP contribution in [0, 0.1) is 5.82 Å². The number of hydrogen-bond donors (Lipinski definition) is 2. The van der Waals surface area contributed by atoms with E-state index in [4.69, 9.17) is 0 Å². The number of hydrogen-bond acceptors (Lipinski definition) is 2. The van der Waals surface area contributed by atoms with Gasteiger partial charge >= 0.3 is 0 Å². The van der Waals surface area contributed by atoms with E-state index in [1.54, 1.807) is 12.1 Å². The van der Waals surface area contributed by atoms with Gasteiger partial charge < -0.3 is 15.5 Å². The number of aliphatic imine (C=N–C) groups is 1. The second-order valence-corrected chi connectivity index (χ2v) is 7.04. The van der Waals surface area contributed by atoms with Crippen LogP contribution in [0.4, 0.5) is 4.39 Å². The summed E-state index contributed by atoms with van der Waals surface area (Å²) >= 11 is 0. The number of piperidine rings is 1. The fraction of sp³-hybridized carbons (Fsp3) is 0.632. The van der Waals surface area contributed by atoms with Gasteiger partial charge in [0.15, 0.2) is 5.96 Å². The first kappa shape index (κ1) is 20.4. The molecule has 0 radical (unpaired) electrons. The molecule has 2 fully saturated rings. The van der Waals surface area contributed by atoms with Crippen molar-refractivity contribution in [2.75, 3.05) is 39.8 Å². The van der Waals surface area contributed by atoms with Crippen LogP contribution in [0.1, 0.15) is 37.7 Å². The lowest BCUT2D eigenvalue weighted by Crippen LogP contribution is -2.44. The fourth-order valence-corrected chi connectivity index (χ4v) is 3.51. The van der Waals surface area contributed by atoms with Gasteiger partial charge in [0.1, 0.15) is 5.82 Å². The molecule has 0 atom stereocenters. The van der Waals surface area contributed by atoms with E-state index in [1.807, 2.05) is 19.2 Å². The van der Waals surface area contributed by atoms with Gasteiger partial charge in [0.25, 0.3) is 0 Å². The molecule has 0 spiro atoms. The van der Waals surface area contributed by atoms with Crippen molar-refractivity contribution < 1.29 is 4.39 Å². The van der Waals surface area contributed by atoms with Gasteiger partial charge in [-0.25, -0.2) is 4.39 Å². The Bertz CT molecular complexity index is 551. The van der Waals surface area contributed by atoms with Crippen molar-refractivity contribution in [2.45, 2.75) is 37.5 Å². The number of halogens is 2. The number of nitrogens with zero attached hydrogens (tertiary/aromatic N) is 2. The summed E-state index contributed by atoms with van der Waals surface area (Å²) in [5, 5.41) is 6.86. The molecule has 0 amide bonds. The van der Waals surface area contributed by atoms with E-state index in [-0.39, 0.29) is 35.2 Å². The lowest BCUT2D eigenvalue weighted by molar-refractivity contribution is 0.232. The third-order valence-electron chi connectivity index (χ3n) is 5.30. The molecule has 1 heterocycles. The molecule has 0 unspecified atom stereocenters. The molecule has 140 valence electrons. The first-order chi connectivity index (χ1) is 11.7. The molecule has 3 rings (SSSR count). The number of guanidine groups is 1. The first-order valence-electron chi connectivity index (χ1n) is 9.15. The lowest BCUT2D eigenvalue weighted by Gasteiger charge is -2.26. The minimum absolute atomic E-state index is 0. The smallest absolute Gasteiger partial charge is 0.191 e. The van der Waals surface area contributed by atoms with Gasteiger partial charge in [-0.05, 0) is 56.5 Å². The van der Waals surface area contributed by atoms with E-state index >= 15 is 0 Å². The molecule has 1 aromatic rings. The van der Waals surface area contributed by atoms with Crippen molar-refractivity contribution in [3.8, 4) is 0 Å². The predicted molar refractivity (Wildman–Crippen MR) is 112 cm³/mol. The van der Waals surface area contributed by atoms with Crippen molar-refractivity contribution >= 4 is 29.9 Å². The van der Waals surface area contributed by atoms with Gasteiger partial charge in [-0.2, -0.15) is 0 Å². The van der Waals surface area contributed by atoms with E-state index in [2.05, 4.69) is 20.5 Å². The summed E-state index contributed by atoms with van der Waals surface area (Å²) < 4.78 is 13.1. The molecule has 25 heavy (non-hydrogen) atoms. The van der Waals surface area contributed by atoms with Crippen LogP contribution >= 0.6 is 24.0 Å². The second-order valence-electron chi connectivity index (χ2n) is 7.04. The van der Waals surface area contributed by atoms with Gasteiger partial charge in [0.2, 0.25) is 0 Å². The topological polar surface area (TPSA) is 39.7 Å². The lowest BCUT2D eigenvalue weighted by atomic mass is 9.96. The maximum absolute atomic E-state index is 13.1. The maximum Gasteiger partial charge on any atom is 0.191 e. The molecule has 1 aromatic carbocycles. The number of nitrogens with one attached hydrogen (secondary N) is 2. The van der Waals surface area contributed by atoms with Crippen LogP contribution in [0.25, 0.3) is 0 Å². The molecule has 0 aromatic heterocycles. The average molecular weight is 460 g/mol. The van der Waals surface area contributed by atoms with Crippen LogP contribution in [0.15, 0.2) is 29.3 Å². The third-order valence-corrected chi connectivity index (χ3v) is 5.30. The molecule has 2 aliphatic rings. The van der Waals surface area contributed by atoms with E-state index in [0.29, 0.717) is 0 Å². The highest BCUT2D eigenvalue weighted by molar-refractivity contribution is 14.0. The maximum atomic E-state index is 13.1. The molecule has 0 bridgehead atoms. The van der Waals surface area contributed by atoms with Crippen molar-refractivity contribution in [3.05, 3.63) is 35.6 Å². The Morgan fingerprint density at radius 1 is 1.12 bits per heavy atom. The molecule has 1 saturated carbocycles. The van der Waals surface area contributed by atoms with E-state index in [1.165, 1.54) is 37.9 Å². The molecule has 1 saturated heterocycles. The zero-order valence-electron chi connectivity index (χ0n) is 15.1. The van der Waals surface area contributed by atoms with E-state index < -0.39 is 0 Å². The van der Waals surface area contributed by atoms with Crippen LogP contribution in [0.5, 0.6) is 0 Å². The summed E-state index contributed by atoms with van der Waals surface area (Å²) in [7, 11) is 1.81. The molecule has 6 heteroatoms. The molecular weight excluding hydrogens is 430 g/mol. The second kappa shape index (κ2) is 9.71. The normalized spacial score (nSPS) is 19.8. The zero-order chi connectivity index (χ0) is 16.8. The molecule has 4 nitrogen and oxygen atoms in total. The summed E-state index contributed by atoms with van der Waals surface area (Å²) in [5.41, 5.74) is 1.37. The van der Waals surface area contributed by atoms with E-state index in [0.717, 1.165) is 38.4 Å². The highest BCUT2D eigenvalue weighted by Gasteiger charge is 2.44. The Labute approximate surface area is 167 Å². The fourth-order valence-electron chi connectivity index (χ4n) is 3.51. The van der Waals surface area contributed by atoms with Crippen LogP contribution in [0.3, 0.4) is 0 Å². The van der Waals surface area contributed by atoms with Crippen LogP contribution in [-0.4, -0.2) is 50.6 Å².